The fraction of sp³-hybridized carbons (Fsp3) is 0.385. The Labute approximate surface area is 125 Å². The molecule has 1 aromatic carbocycles. The van der Waals surface area contributed by atoms with E-state index in [-0.39, 0.29) is 17.7 Å². The van der Waals surface area contributed by atoms with Gasteiger partial charge in [-0.25, -0.2) is 0 Å². The summed E-state index contributed by atoms with van der Waals surface area (Å²) in [5.74, 6) is -1.39. The molecule has 2 atom stereocenters. The Balaban J connectivity index is 2.39. The maximum atomic E-state index is 11.7. The number of rotatable bonds is 6. The summed E-state index contributed by atoms with van der Waals surface area (Å²) in [5.41, 5.74) is 0. The SMILES string of the molecule is CC(NC(=O)CSc1ccc(Br)cc1)C(C)C(=O)O. The van der Waals surface area contributed by atoms with E-state index in [1.54, 1.807) is 13.8 Å². The maximum absolute atomic E-state index is 11.7. The normalized spacial score (nSPS) is 13.6. The first-order chi connectivity index (χ1) is 8.90. The zero-order valence-electron chi connectivity index (χ0n) is 10.7. The summed E-state index contributed by atoms with van der Waals surface area (Å²) in [6, 6.07) is 7.29. The Kier molecular flexibility index (Phi) is 6.37. The zero-order chi connectivity index (χ0) is 14.4. The third-order valence-corrected chi connectivity index (χ3v) is 4.25. The van der Waals surface area contributed by atoms with Gasteiger partial charge in [0.15, 0.2) is 0 Å². The Hall–Kier alpha value is -1.01. The van der Waals surface area contributed by atoms with Gasteiger partial charge >= 0.3 is 5.97 Å². The van der Waals surface area contributed by atoms with Gasteiger partial charge in [0.2, 0.25) is 5.91 Å². The van der Waals surface area contributed by atoms with Crippen molar-refractivity contribution in [1.82, 2.24) is 5.32 Å². The van der Waals surface area contributed by atoms with E-state index in [4.69, 9.17) is 5.11 Å². The van der Waals surface area contributed by atoms with Crippen molar-refractivity contribution in [3.05, 3.63) is 28.7 Å². The van der Waals surface area contributed by atoms with Gasteiger partial charge in [-0.2, -0.15) is 0 Å². The molecule has 0 bridgehead atoms. The number of carboxylic acids is 1. The summed E-state index contributed by atoms with van der Waals surface area (Å²) < 4.78 is 0.991. The number of carbonyl (C=O) groups excluding carboxylic acids is 1. The van der Waals surface area contributed by atoms with Crippen LogP contribution in [0.2, 0.25) is 0 Å². The standard InChI is InChI=1S/C13H16BrNO3S/c1-8(13(17)18)9(2)15-12(16)7-19-11-5-3-10(14)4-6-11/h3-6,8-9H,7H2,1-2H3,(H,15,16)(H,17,18). The number of aliphatic carboxylic acids is 1. The molecule has 0 saturated heterocycles. The number of halogens is 1. The molecule has 0 radical (unpaired) electrons. The number of nitrogens with one attached hydrogen (secondary N) is 1. The van der Waals surface area contributed by atoms with E-state index in [1.165, 1.54) is 11.8 Å². The van der Waals surface area contributed by atoms with Crippen LogP contribution in [0, 0.1) is 5.92 Å². The monoisotopic (exact) mass is 345 g/mol. The van der Waals surface area contributed by atoms with E-state index in [2.05, 4.69) is 21.2 Å². The second kappa shape index (κ2) is 7.55. The average Bonchev–Trinajstić information content (AvgIpc) is 2.37. The van der Waals surface area contributed by atoms with Gasteiger partial charge in [-0.05, 0) is 38.1 Å². The highest BCUT2D eigenvalue weighted by Crippen LogP contribution is 2.20. The predicted octanol–water partition coefficient (Wildman–Crippen LogP) is 2.77. The van der Waals surface area contributed by atoms with Gasteiger partial charge < -0.3 is 10.4 Å². The number of hydrogen-bond donors (Lipinski definition) is 2. The van der Waals surface area contributed by atoms with Gasteiger partial charge in [0, 0.05) is 15.4 Å². The van der Waals surface area contributed by atoms with E-state index < -0.39 is 11.9 Å². The van der Waals surface area contributed by atoms with Gasteiger partial charge in [0.25, 0.3) is 0 Å². The number of benzene rings is 1. The minimum Gasteiger partial charge on any atom is -0.481 e. The van der Waals surface area contributed by atoms with Crippen molar-refractivity contribution in [3.8, 4) is 0 Å². The Morgan fingerprint density at radius 2 is 1.89 bits per heavy atom. The lowest BCUT2D eigenvalue weighted by molar-refractivity contribution is -0.142. The van der Waals surface area contributed by atoms with Crippen LogP contribution in [0.3, 0.4) is 0 Å². The summed E-state index contributed by atoms with van der Waals surface area (Å²) in [4.78, 5) is 23.5. The molecule has 0 aliphatic heterocycles. The van der Waals surface area contributed by atoms with Crippen LogP contribution >= 0.6 is 27.7 Å². The zero-order valence-corrected chi connectivity index (χ0v) is 13.1. The van der Waals surface area contributed by atoms with Crippen molar-refractivity contribution in [2.45, 2.75) is 24.8 Å². The lowest BCUT2D eigenvalue weighted by Crippen LogP contribution is -2.40. The van der Waals surface area contributed by atoms with Crippen LogP contribution < -0.4 is 5.32 Å². The van der Waals surface area contributed by atoms with Crippen molar-refractivity contribution in [2.75, 3.05) is 5.75 Å². The highest BCUT2D eigenvalue weighted by atomic mass is 79.9. The van der Waals surface area contributed by atoms with Crippen LogP contribution in [-0.4, -0.2) is 28.8 Å². The lowest BCUT2D eigenvalue weighted by Gasteiger charge is -2.17. The molecule has 1 aromatic rings. The molecule has 0 saturated carbocycles. The van der Waals surface area contributed by atoms with Crippen molar-refractivity contribution in [2.24, 2.45) is 5.92 Å². The van der Waals surface area contributed by atoms with Crippen LogP contribution in [0.5, 0.6) is 0 Å². The lowest BCUT2D eigenvalue weighted by atomic mass is 10.0. The van der Waals surface area contributed by atoms with Gasteiger partial charge in [-0.1, -0.05) is 15.9 Å². The van der Waals surface area contributed by atoms with Crippen LogP contribution in [0.4, 0.5) is 0 Å². The van der Waals surface area contributed by atoms with E-state index in [0.717, 1.165) is 9.37 Å². The Morgan fingerprint density at radius 3 is 2.42 bits per heavy atom. The molecular formula is C13H16BrNO3S. The molecule has 1 rings (SSSR count). The first kappa shape index (κ1) is 16.0. The molecule has 0 heterocycles. The molecule has 0 aliphatic carbocycles. The fourth-order valence-corrected chi connectivity index (χ4v) is 2.29. The summed E-state index contributed by atoms with van der Waals surface area (Å²) in [6.45, 7) is 3.27. The van der Waals surface area contributed by atoms with Crippen molar-refractivity contribution < 1.29 is 14.7 Å². The summed E-state index contributed by atoms with van der Waals surface area (Å²) in [7, 11) is 0. The number of thioether (sulfide) groups is 1. The average molecular weight is 346 g/mol. The number of amides is 1. The molecule has 0 fully saturated rings. The summed E-state index contributed by atoms with van der Waals surface area (Å²) in [5, 5.41) is 11.5. The molecule has 1 amide bonds. The third kappa shape index (κ3) is 5.65. The molecule has 4 nitrogen and oxygen atoms in total. The van der Waals surface area contributed by atoms with E-state index in [9.17, 15) is 9.59 Å². The van der Waals surface area contributed by atoms with E-state index in [0.29, 0.717) is 0 Å². The molecule has 19 heavy (non-hydrogen) atoms. The predicted molar refractivity (Wildman–Crippen MR) is 79.3 cm³/mol. The number of carboxylic acid groups (broad SMARTS) is 1. The van der Waals surface area contributed by atoms with Crippen molar-refractivity contribution in [1.29, 1.82) is 0 Å². The third-order valence-electron chi connectivity index (χ3n) is 2.71. The van der Waals surface area contributed by atoms with Gasteiger partial charge in [0.05, 0.1) is 11.7 Å². The Morgan fingerprint density at radius 1 is 1.32 bits per heavy atom. The molecular weight excluding hydrogens is 330 g/mol. The minimum atomic E-state index is -0.909. The molecule has 6 heteroatoms. The first-order valence-electron chi connectivity index (χ1n) is 5.80. The van der Waals surface area contributed by atoms with Crippen molar-refractivity contribution >= 4 is 39.6 Å². The second-order valence-corrected chi connectivity index (χ2v) is 6.19. The smallest absolute Gasteiger partial charge is 0.308 e. The van der Waals surface area contributed by atoms with Gasteiger partial charge in [-0.3, -0.25) is 9.59 Å². The quantitative estimate of drug-likeness (QED) is 0.778. The Bertz CT molecular complexity index is 450. The number of carbonyl (C=O) groups is 2. The highest BCUT2D eigenvalue weighted by Gasteiger charge is 2.20. The molecule has 0 spiro atoms. The van der Waals surface area contributed by atoms with E-state index >= 15 is 0 Å². The summed E-state index contributed by atoms with van der Waals surface area (Å²) in [6.07, 6.45) is 0. The van der Waals surface area contributed by atoms with Crippen LogP contribution in [0.25, 0.3) is 0 Å². The minimum absolute atomic E-state index is 0.159. The summed E-state index contributed by atoms with van der Waals surface area (Å²) >= 11 is 4.76. The van der Waals surface area contributed by atoms with Crippen molar-refractivity contribution in [3.63, 3.8) is 0 Å². The first-order valence-corrected chi connectivity index (χ1v) is 7.58. The largest absolute Gasteiger partial charge is 0.481 e. The molecule has 0 aromatic heterocycles. The van der Waals surface area contributed by atoms with Gasteiger partial charge in [-0.15, -0.1) is 11.8 Å². The van der Waals surface area contributed by atoms with Gasteiger partial charge in [0.1, 0.15) is 0 Å². The fourth-order valence-electron chi connectivity index (χ4n) is 1.31. The van der Waals surface area contributed by atoms with Crippen LogP contribution in [-0.2, 0) is 9.59 Å². The molecule has 2 N–H and O–H groups in total. The highest BCUT2D eigenvalue weighted by molar-refractivity contribution is 9.10. The van der Waals surface area contributed by atoms with Crippen LogP contribution in [0.15, 0.2) is 33.6 Å². The molecule has 0 aliphatic rings. The number of hydrogen-bond acceptors (Lipinski definition) is 3. The maximum Gasteiger partial charge on any atom is 0.308 e. The van der Waals surface area contributed by atoms with Crippen LogP contribution in [0.1, 0.15) is 13.8 Å². The molecule has 2 unspecified atom stereocenters. The topological polar surface area (TPSA) is 66.4 Å². The van der Waals surface area contributed by atoms with E-state index in [1.807, 2.05) is 24.3 Å². The second-order valence-electron chi connectivity index (χ2n) is 4.23. The molecule has 104 valence electrons.